The van der Waals surface area contributed by atoms with Crippen LogP contribution in [0.15, 0.2) is 40.4 Å². The zero-order chi connectivity index (χ0) is 22.7. The third-order valence-electron chi connectivity index (χ3n) is 4.81. The first-order chi connectivity index (χ1) is 15.3. The Morgan fingerprint density at radius 2 is 2.03 bits per heavy atom. The van der Waals surface area contributed by atoms with Crippen molar-refractivity contribution in [1.29, 1.82) is 5.26 Å². The van der Waals surface area contributed by atoms with E-state index in [0.29, 0.717) is 17.3 Å². The van der Waals surface area contributed by atoms with Crippen molar-refractivity contribution in [3.05, 3.63) is 58.9 Å². The van der Waals surface area contributed by atoms with Gasteiger partial charge < -0.3 is 9.26 Å². The van der Waals surface area contributed by atoms with Crippen LogP contribution in [-0.2, 0) is 6.18 Å². The number of aromatic amines is 1. The minimum Gasteiger partial charge on any atom is -0.489 e. The standard InChI is InChI=1S/C21H17F3N6O2/c1-12-26-20(32-29-12)17-6-4-2-3-5-13(17)11-31-16-8-14(7-15(9-16)21(22,23)24)19-18(10-25)27-30-28-19/h5-9H,2-4,11H2,1H3,(H,27,28,30). The lowest BCUT2D eigenvalue weighted by Crippen LogP contribution is -2.08. The molecule has 0 aliphatic heterocycles. The molecule has 2 aromatic heterocycles. The second-order valence-electron chi connectivity index (χ2n) is 7.10. The van der Waals surface area contributed by atoms with Gasteiger partial charge in [0.25, 0.3) is 5.89 Å². The van der Waals surface area contributed by atoms with E-state index in [-0.39, 0.29) is 29.3 Å². The van der Waals surface area contributed by atoms with Crippen LogP contribution in [-0.4, -0.2) is 32.2 Å². The Morgan fingerprint density at radius 3 is 2.75 bits per heavy atom. The van der Waals surface area contributed by atoms with Gasteiger partial charge in [-0.15, -0.1) is 5.10 Å². The number of ether oxygens (including phenoxy) is 1. The molecule has 1 aliphatic carbocycles. The van der Waals surface area contributed by atoms with Crippen LogP contribution in [0.1, 0.15) is 42.2 Å². The summed E-state index contributed by atoms with van der Waals surface area (Å²) in [7, 11) is 0. The van der Waals surface area contributed by atoms with E-state index >= 15 is 0 Å². The number of hydrogen-bond acceptors (Lipinski definition) is 7. The molecule has 1 aromatic carbocycles. The van der Waals surface area contributed by atoms with Gasteiger partial charge in [0.15, 0.2) is 11.5 Å². The van der Waals surface area contributed by atoms with Crippen LogP contribution >= 0.6 is 0 Å². The average molecular weight is 442 g/mol. The number of rotatable bonds is 5. The Labute approximate surface area is 180 Å². The van der Waals surface area contributed by atoms with E-state index in [0.717, 1.165) is 37.0 Å². The SMILES string of the molecule is Cc1noc(C2=CCCCC=C2COc2cc(-c3nn[nH]c3C#N)cc(C(F)(F)F)c2)n1. The van der Waals surface area contributed by atoms with E-state index in [1.54, 1.807) is 6.92 Å². The topological polar surface area (TPSA) is 114 Å². The Hall–Kier alpha value is -3.94. The van der Waals surface area contributed by atoms with Crippen molar-refractivity contribution < 1.29 is 22.4 Å². The van der Waals surface area contributed by atoms with Crippen molar-refractivity contribution in [2.75, 3.05) is 6.61 Å². The molecule has 0 radical (unpaired) electrons. The van der Waals surface area contributed by atoms with Gasteiger partial charge in [0.1, 0.15) is 24.1 Å². The Kier molecular flexibility index (Phi) is 5.77. The zero-order valence-corrected chi connectivity index (χ0v) is 16.9. The van der Waals surface area contributed by atoms with Crippen LogP contribution in [0.25, 0.3) is 16.8 Å². The Bertz CT molecular complexity index is 1230. The molecule has 0 unspecified atom stereocenters. The molecule has 0 saturated carbocycles. The maximum absolute atomic E-state index is 13.5. The van der Waals surface area contributed by atoms with Crippen LogP contribution in [0.3, 0.4) is 0 Å². The molecule has 0 saturated heterocycles. The predicted octanol–water partition coefficient (Wildman–Crippen LogP) is 4.63. The summed E-state index contributed by atoms with van der Waals surface area (Å²) in [4.78, 5) is 4.25. The molecule has 1 aliphatic rings. The summed E-state index contributed by atoms with van der Waals surface area (Å²) in [6, 6.07) is 5.04. The molecule has 0 fully saturated rings. The normalized spacial score (nSPS) is 14.3. The number of hydrogen-bond donors (Lipinski definition) is 1. The van der Waals surface area contributed by atoms with E-state index in [1.807, 2.05) is 18.2 Å². The predicted molar refractivity (Wildman–Crippen MR) is 106 cm³/mol. The molecule has 2 heterocycles. The molecule has 1 N–H and O–H groups in total. The lowest BCUT2D eigenvalue weighted by Gasteiger charge is -2.14. The fourth-order valence-corrected chi connectivity index (χ4v) is 3.30. The van der Waals surface area contributed by atoms with Crippen LogP contribution in [0.4, 0.5) is 13.2 Å². The minimum atomic E-state index is -4.61. The number of halogens is 3. The third-order valence-corrected chi connectivity index (χ3v) is 4.81. The molecule has 164 valence electrons. The monoisotopic (exact) mass is 442 g/mol. The highest BCUT2D eigenvalue weighted by Crippen LogP contribution is 2.36. The van der Waals surface area contributed by atoms with Gasteiger partial charge in [0, 0.05) is 11.1 Å². The summed E-state index contributed by atoms with van der Waals surface area (Å²) >= 11 is 0. The van der Waals surface area contributed by atoms with Gasteiger partial charge in [-0.25, -0.2) is 5.10 Å². The van der Waals surface area contributed by atoms with Gasteiger partial charge in [-0.2, -0.15) is 23.4 Å². The second kappa shape index (κ2) is 8.66. The maximum atomic E-state index is 13.5. The molecular weight excluding hydrogens is 425 g/mol. The van der Waals surface area contributed by atoms with E-state index in [1.165, 1.54) is 6.07 Å². The van der Waals surface area contributed by atoms with E-state index in [4.69, 9.17) is 14.5 Å². The molecule has 3 aromatic rings. The third kappa shape index (κ3) is 4.54. The number of aryl methyl sites for hydroxylation is 1. The van der Waals surface area contributed by atoms with Crippen molar-refractivity contribution in [2.24, 2.45) is 0 Å². The summed E-state index contributed by atoms with van der Waals surface area (Å²) in [5.41, 5.74) is 0.564. The molecule has 0 spiro atoms. The highest BCUT2D eigenvalue weighted by atomic mass is 19.4. The van der Waals surface area contributed by atoms with Crippen molar-refractivity contribution in [3.63, 3.8) is 0 Å². The summed E-state index contributed by atoms with van der Waals surface area (Å²) in [6.07, 6.45) is 1.80. The summed E-state index contributed by atoms with van der Waals surface area (Å²) in [5.74, 6) is 0.798. The molecule has 0 bridgehead atoms. The van der Waals surface area contributed by atoms with Crippen molar-refractivity contribution in [1.82, 2.24) is 25.6 Å². The molecule has 8 nitrogen and oxygen atoms in total. The van der Waals surface area contributed by atoms with Crippen LogP contribution in [0, 0.1) is 18.3 Å². The number of allylic oxidation sites excluding steroid dienone is 2. The highest BCUT2D eigenvalue weighted by Gasteiger charge is 2.32. The molecule has 0 amide bonds. The van der Waals surface area contributed by atoms with E-state index in [2.05, 4.69) is 25.6 Å². The Balaban J connectivity index is 1.65. The molecular formula is C21H17F3N6O2. The summed E-state index contributed by atoms with van der Waals surface area (Å²) < 4.78 is 51.5. The van der Waals surface area contributed by atoms with Gasteiger partial charge >= 0.3 is 6.18 Å². The van der Waals surface area contributed by atoms with E-state index < -0.39 is 11.7 Å². The first kappa shape index (κ1) is 21.3. The van der Waals surface area contributed by atoms with E-state index in [9.17, 15) is 13.2 Å². The van der Waals surface area contributed by atoms with Crippen LogP contribution < -0.4 is 4.74 Å². The average Bonchev–Trinajstić information content (AvgIpc) is 3.35. The quantitative estimate of drug-likeness (QED) is 0.613. The first-order valence-corrected chi connectivity index (χ1v) is 9.72. The van der Waals surface area contributed by atoms with Gasteiger partial charge in [-0.1, -0.05) is 22.5 Å². The number of H-pyrrole nitrogens is 1. The summed E-state index contributed by atoms with van der Waals surface area (Å²) in [6.45, 7) is 1.70. The fourth-order valence-electron chi connectivity index (χ4n) is 3.30. The highest BCUT2D eigenvalue weighted by molar-refractivity contribution is 5.75. The largest absolute Gasteiger partial charge is 0.489 e. The van der Waals surface area contributed by atoms with Crippen molar-refractivity contribution in [3.8, 4) is 23.1 Å². The minimum absolute atomic E-state index is 0.00205. The number of alkyl halides is 3. The lowest BCUT2D eigenvalue weighted by molar-refractivity contribution is -0.137. The van der Waals surface area contributed by atoms with Gasteiger partial charge in [-0.3, -0.25) is 0 Å². The number of nitrogens with zero attached hydrogens (tertiary/aromatic N) is 5. The number of benzene rings is 1. The molecule has 0 atom stereocenters. The van der Waals surface area contributed by atoms with Gasteiger partial charge in [-0.05, 0) is 50.0 Å². The van der Waals surface area contributed by atoms with Crippen LogP contribution in [0.2, 0.25) is 0 Å². The number of aromatic nitrogens is 5. The Morgan fingerprint density at radius 1 is 1.22 bits per heavy atom. The first-order valence-electron chi connectivity index (χ1n) is 9.72. The van der Waals surface area contributed by atoms with Crippen molar-refractivity contribution in [2.45, 2.75) is 32.4 Å². The maximum Gasteiger partial charge on any atom is 0.416 e. The molecule has 4 rings (SSSR count). The smallest absolute Gasteiger partial charge is 0.416 e. The number of nitriles is 1. The molecule has 32 heavy (non-hydrogen) atoms. The second-order valence-corrected chi connectivity index (χ2v) is 7.10. The van der Waals surface area contributed by atoms with Gasteiger partial charge in [0.2, 0.25) is 0 Å². The fraction of sp³-hybridized carbons (Fsp3) is 0.286. The van der Waals surface area contributed by atoms with Crippen LogP contribution in [0.5, 0.6) is 5.75 Å². The summed E-state index contributed by atoms with van der Waals surface area (Å²) in [5, 5.41) is 22.6. The number of nitrogens with one attached hydrogen (secondary N) is 1. The molecule has 11 heteroatoms. The van der Waals surface area contributed by atoms with Gasteiger partial charge in [0.05, 0.1) is 5.56 Å². The lowest BCUT2D eigenvalue weighted by atomic mass is 10.0. The van der Waals surface area contributed by atoms with Crippen molar-refractivity contribution >= 4 is 5.57 Å². The zero-order valence-electron chi connectivity index (χ0n) is 16.9.